The van der Waals surface area contributed by atoms with E-state index in [0.29, 0.717) is 12.1 Å². The molecule has 6 heteroatoms. The van der Waals surface area contributed by atoms with Gasteiger partial charge in [-0.05, 0) is 31.5 Å². The monoisotopic (exact) mass is 240 g/mol. The van der Waals surface area contributed by atoms with Crippen LogP contribution in [0.3, 0.4) is 0 Å². The molecular weight excluding hydrogens is 224 g/mol. The quantitative estimate of drug-likeness (QED) is 0.813. The van der Waals surface area contributed by atoms with Crippen molar-refractivity contribution in [2.24, 2.45) is 0 Å². The molecule has 5 nitrogen and oxygen atoms in total. The van der Waals surface area contributed by atoms with Crippen LogP contribution in [0, 0.1) is 4.77 Å². The predicted molar refractivity (Wildman–Crippen MR) is 63.3 cm³/mol. The summed E-state index contributed by atoms with van der Waals surface area (Å²) in [6.07, 6.45) is 3.51. The van der Waals surface area contributed by atoms with Crippen molar-refractivity contribution >= 4 is 18.2 Å². The number of rotatable bonds is 3. The van der Waals surface area contributed by atoms with E-state index in [1.165, 1.54) is 12.8 Å². The summed E-state index contributed by atoms with van der Waals surface area (Å²) in [6.45, 7) is 1.64. The third-order valence-corrected chi connectivity index (χ3v) is 3.65. The molecule has 1 unspecified atom stereocenters. The molecule has 1 atom stereocenters. The normalized spacial score (nSPS) is 24.9. The number of hydrogen-bond acceptors (Lipinski definition) is 4. The lowest BCUT2D eigenvalue weighted by molar-refractivity contribution is 0.193. The third kappa shape index (κ3) is 1.66. The van der Waals surface area contributed by atoms with Crippen LogP contribution in [-0.4, -0.2) is 41.1 Å². The van der Waals surface area contributed by atoms with E-state index < -0.39 is 0 Å². The lowest BCUT2D eigenvalue weighted by atomic mass is 10.2. The number of ether oxygens (including phenoxy) is 1. The summed E-state index contributed by atoms with van der Waals surface area (Å²) in [5.74, 6) is 0.961. The topological polar surface area (TPSA) is 46.1 Å². The molecule has 0 aromatic carbocycles. The molecule has 88 valence electrons. The Morgan fingerprint density at radius 2 is 2.31 bits per heavy atom. The van der Waals surface area contributed by atoms with Gasteiger partial charge in [0.2, 0.25) is 5.95 Å². The molecule has 2 heterocycles. The predicted octanol–water partition coefficient (Wildman–Crippen LogP) is 1.50. The molecule has 16 heavy (non-hydrogen) atoms. The van der Waals surface area contributed by atoms with Gasteiger partial charge in [0, 0.05) is 19.7 Å². The molecule has 1 aromatic rings. The van der Waals surface area contributed by atoms with Crippen molar-refractivity contribution in [2.75, 3.05) is 25.2 Å². The summed E-state index contributed by atoms with van der Waals surface area (Å²) >= 11 is 5.27. The number of hydrogen-bond donors (Lipinski definition) is 1. The minimum atomic E-state index is 0.433. The Kier molecular flexibility index (Phi) is 2.48. The Hall–Kier alpha value is -0.880. The maximum atomic E-state index is 5.41. The van der Waals surface area contributed by atoms with Crippen LogP contribution in [0.5, 0.6) is 0 Å². The van der Waals surface area contributed by atoms with E-state index in [1.807, 2.05) is 0 Å². The zero-order valence-corrected chi connectivity index (χ0v) is 10.2. The number of likely N-dealkylation sites (N-methyl/N-ethyl adjacent to an activating group) is 1. The fraction of sp³-hybridized carbons (Fsp3) is 0.800. The van der Waals surface area contributed by atoms with E-state index in [-0.39, 0.29) is 0 Å². The van der Waals surface area contributed by atoms with Gasteiger partial charge in [0.1, 0.15) is 0 Å². The average molecular weight is 240 g/mol. The fourth-order valence-electron chi connectivity index (χ4n) is 2.20. The second kappa shape index (κ2) is 3.85. The van der Waals surface area contributed by atoms with E-state index in [4.69, 9.17) is 17.0 Å². The highest BCUT2D eigenvalue weighted by Crippen LogP contribution is 2.38. The highest BCUT2D eigenvalue weighted by molar-refractivity contribution is 7.71. The van der Waals surface area contributed by atoms with Crippen molar-refractivity contribution in [2.45, 2.75) is 31.3 Å². The summed E-state index contributed by atoms with van der Waals surface area (Å²) in [7, 11) is 2.07. The smallest absolute Gasteiger partial charge is 0.226 e. The molecule has 1 aromatic heterocycles. The van der Waals surface area contributed by atoms with Crippen molar-refractivity contribution in [3.8, 4) is 0 Å². The molecule has 0 radical (unpaired) electrons. The van der Waals surface area contributed by atoms with Gasteiger partial charge in [-0.15, -0.1) is 5.10 Å². The molecular formula is C10H16N4OS. The van der Waals surface area contributed by atoms with E-state index in [2.05, 4.69) is 26.7 Å². The van der Waals surface area contributed by atoms with Gasteiger partial charge in [0.25, 0.3) is 0 Å². The fourth-order valence-corrected chi connectivity index (χ4v) is 2.47. The zero-order chi connectivity index (χ0) is 11.1. The van der Waals surface area contributed by atoms with Crippen LogP contribution in [0.2, 0.25) is 0 Å². The summed E-state index contributed by atoms with van der Waals surface area (Å²) in [6, 6.07) is 0.994. The van der Waals surface area contributed by atoms with Gasteiger partial charge in [-0.25, -0.2) is 5.10 Å². The van der Waals surface area contributed by atoms with Gasteiger partial charge in [-0.2, -0.15) is 0 Å². The minimum absolute atomic E-state index is 0.433. The van der Waals surface area contributed by atoms with Crippen LogP contribution >= 0.6 is 12.2 Å². The largest absolute Gasteiger partial charge is 0.379 e. The van der Waals surface area contributed by atoms with Crippen LogP contribution in [-0.2, 0) is 4.74 Å². The molecule has 2 aliphatic rings. The second-order valence-corrected chi connectivity index (χ2v) is 4.94. The van der Waals surface area contributed by atoms with E-state index in [9.17, 15) is 0 Å². The Bertz CT molecular complexity index is 430. The van der Waals surface area contributed by atoms with Crippen molar-refractivity contribution in [1.29, 1.82) is 0 Å². The third-order valence-electron chi connectivity index (χ3n) is 3.37. The van der Waals surface area contributed by atoms with E-state index in [1.54, 1.807) is 0 Å². The molecule has 0 amide bonds. The maximum absolute atomic E-state index is 5.41. The molecule has 1 N–H and O–H groups in total. The zero-order valence-electron chi connectivity index (χ0n) is 9.35. The number of aromatic amines is 1. The molecule has 1 aliphatic carbocycles. The lowest BCUT2D eigenvalue weighted by Crippen LogP contribution is -2.34. The first-order valence-corrected chi connectivity index (χ1v) is 6.15. The highest BCUT2D eigenvalue weighted by atomic mass is 32.1. The molecule has 0 bridgehead atoms. The highest BCUT2D eigenvalue weighted by Gasteiger charge is 2.31. The summed E-state index contributed by atoms with van der Waals surface area (Å²) in [4.78, 5) is 2.19. The average Bonchev–Trinajstić information content (AvgIpc) is 2.82. The van der Waals surface area contributed by atoms with Crippen LogP contribution in [0.4, 0.5) is 5.95 Å². The lowest BCUT2D eigenvalue weighted by Gasteiger charge is -2.24. The van der Waals surface area contributed by atoms with Gasteiger partial charge in [0.15, 0.2) is 4.77 Å². The Morgan fingerprint density at radius 1 is 1.50 bits per heavy atom. The molecule has 1 saturated carbocycles. The maximum Gasteiger partial charge on any atom is 0.226 e. The molecule has 3 rings (SSSR count). The summed E-state index contributed by atoms with van der Waals surface area (Å²) in [5.41, 5.74) is 0. The second-order valence-electron chi connectivity index (χ2n) is 4.56. The van der Waals surface area contributed by atoms with Gasteiger partial charge >= 0.3 is 0 Å². The van der Waals surface area contributed by atoms with Crippen molar-refractivity contribution < 1.29 is 4.74 Å². The van der Waals surface area contributed by atoms with E-state index in [0.717, 1.165) is 30.4 Å². The molecule has 1 saturated heterocycles. The molecule has 1 aliphatic heterocycles. The van der Waals surface area contributed by atoms with Crippen LogP contribution < -0.4 is 4.90 Å². The van der Waals surface area contributed by atoms with Crippen molar-refractivity contribution in [3.63, 3.8) is 0 Å². The number of nitrogens with one attached hydrogen (secondary N) is 1. The van der Waals surface area contributed by atoms with E-state index >= 15 is 0 Å². The molecule has 2 fully saturated rings. The first-order chi connectivity index (χ1) is 7.77. The Labute approximate surface area is 99.4 Å². The van der Waals surface area contributed by atoms with Gasteiger partial charge in [0.05, 0.1) is 12.6 Å². The number of aromatic nitrogens is 3. The van der Waals surface area contributed by atoms with Gasteiger partial charge < -0.3 is 9.64 Å². The SMILES string of the molecule is CN(c1n[nH]c(=S)n1C1CC1)C1CCOC1. The van der Waals surface area contributed by atoms with Crippen LogP contribution in [0.25, 0.3) is 0 Å². The minimum Gasteiger partial charge on any atom is -0.379 e. The van der Waals surface area contributed by atoms with Crippen molar-refractivity contribution in [1.82, 2.24) is 14.8 Å². The molecule has 0 spiro atoms. The first-order valence-electron chi connectivity index (χ1n) is 5.75. The summed E-state index contributed by atoms with van der Waals surface area (Å²) in [5, 5.41) is 7.23. The first kappa shape index (κ1) is 10.3. The number of nitrogens with zero attached hydrogens (tertiary/aromatic N) is 3. The number of anilines is 1. The van der Waals surface area contributed by atoms with Crippen LogP contribution in [0.1, 0.15) is 25.3 Å². The van der Waals surface area contributed by atoms with Gasteiger partial charge in [-0.3, -0.25) is 4.57 Å². The summed E-state index contributed by atoms with van der Waals surface area (Å²) < 4.78 is 8.29. The number of H-pyrrole nitrogens is 1. The van der Waals surface area contributed by atoms with Crippen LogP contribution in [0.15, 0.2) is 0 Å². The van der Waals surface area contributed by atoms with Crippen molar-refractivity contribution in [3.05, 3.63) is 4.77 Å². The standard InChI is InChI=1S/C10H16N4OS/c1-13(8-4-5-15-6-8)9-11-12-10(16)14(9)7-2-3-7/h7-8H,2-6H2,1H3,(H,12,16). The Balaban J connectivity index is 1.89. The van der Waals surface area contributed by atoms with Gasteiger partial charge in [-0.1, -0.05) is 0 Å². The Morgan fingerprint density at radius 3 is 2.94 bits per heavy atom.